The monoisotopic (exact) mass is 390 g/mol. The summed E-state index contributed by atoms with van der Waals surface area (Å²) in [6, 6.07) is 17.8. The van der Waals surface area contributed by atoms with Crippen LogP contribution in [0.1, 0.15) is 34.3 Å². The lowest BCUT2D eigenvalue weighted by Crippen LogP contribution is -2.36. The molecule has 1 aliphatic rings. The summed E-state index contributed by atoms with van der Waals surface area (Å²) < 4.78 is 19.3. The van der Waals surface area contributed by atoms with Gasteiger partial charge in [-0.25, -0.2) is 4.39 Å². The number of likely N-dealkylation sites (tertiary alicyclic amines) is 1. The lowest BCUT2D eigenvalue weighted by atomic mass is 10.0. The van der Waals surface area contributed by atoms with E-state index in [4.69, 9.17) is 4.74 Å². The molecule has 29 heavy (non-hydrogen) atoms. The third kappa shape index (κ3) is 4.80. The van der Waals surface area contributed by atoms with Gasteiger partial charge in [0.25, 0.3) is 5.91 Å². The first kappa shape index (κ1) is 19.1. The zero-order chi connectivity index (χ0) is 20.1. The number of pyridine rings is 1. The van der Waals surface area contributed by atoms with E-state index in [0.29, 0.717) is 24.3 Å². The molecule has 1 saturated heterocycles. The number of rotatable bonds is 6. The van der Waals surface area contributed by atoms with E-state index in [2.05, 4.69) is 4.98 Å². The van der Waals surface area contributed by atoms with Crippen LogP contribution in [0.15, 0.2) is 73.1 Å². The van der Waals surface area contributed by atoms with Gasteiger partial charge >= 0.3 is 0 Å². The summed E-state index contributed by atoms with van der Waals surface area (Å²) in [5, 5.41) is 0. The molecule has 1 aliphatic heterocycles. The average Bonchev–Trinajstić information content (AvgIpc) is 3.21. The molecule has 1 fully saturated rings. The molecular formula is C24H23FN2O2. The first-order valence-corrected chi connectivity index (χ1v) is 9.86. The van der Waals surface area contributed by atoms with Crippen molar-refractivity contribution < 1.29 is 13.9 Å². The molecule has 4 nitrogen and oxygen atoms in total. The smallest absolute Gasteiger partial charge is 0.254 e. The van der Waals surface area contributed by atoms with E-state index in [-0.39, 0.29) is 17.8 Å². The number of carbonyl (C=O) groups is 1. The first-order chi connectivity index (χ1) is 14.2. The van der Waals surface area contributed by atoms with Crippen LogP contribution in [0.5, 0.6) is 5.75 Å². The molecule has 5 heteroatoms. The molecule has 1 unspecified atom stereocenters. The molecule has 1 amide bonds. The largest absolute Gasteiger partial charge is 0.489 e. The minimum Gasteiger partial charge on any atom is -0.489 e. The Morgan fingerprint density at radius 1 is 1.10 bits per heavy atom. The van der Waals surface area contributed by atoms with Crippen LogP contribution in [0, 0.1) is 5.82 Å². The van der Waals surface area contributed by atoms with Crippen LogP contribution in [-0.2, 0) is 13.0 Å². The fourth-order valence-electron chi connectivity index (χ4n) is 3.79. The van der Waals surface area contributed by atoms with Crippen molar-refractivity contribution in [2.75, 3.05) is 6.54 Å². The topological polar surface area (TPSA) is 42.4 Å². The van der Waals surface area contributed by atoms with Gasteiger partial charge in [0.2, 0.25) is 0 Å². The van der Waals surface area contributed by atoms with E-state index in [1.54, 1.807) is 30.6 Å². The van der Waals surface area contributed by atoms with E-state index < -0.39 is 0 Å². The Labute approximate surface area is 170 Å². The second-order valence-corrected chi connectivity index (χ2v) is 7.31. The SMILES string of the molecule is O=C(c1cccc(OCc2cccnc2)c1)N1CCCC1Cc1cccc(F)c1. The molecule has 4 rings (SSSR count). The highest BCUT2D eigenvalue weighted by Gasteiger charge is 2.29. The quantitative estimate of drug-likeness (QED) is 0.615. The third-order valence-electron chi connectivity index (χ3n) is 5.21. The zero-order valence-corrected chi connectivity index (χ0v) is 16.1. The highest BCUT2D eigenvalue weighted by atomic mass is 19.1. The van der Waals surface area contributed by atoms with Crippen LogP contribution >= 0.6 is 0 Å². The molecule has 0 N–H and O–H groups in total. The maximum atomic E-state index is 13.5. The van der Waals surface area contributed by atoms with E-state index in [1.807, 2.05) is 41.3 Å². The predicted molar refractivity (Wildman–Crippen MR) is 109 cm³/mol. The number of benzene rings is 2. The van der Waals surface area contributed by atoms with Crippen molar-refractivity contribution in [1.29, 1.82) is 0 Å². The number of hydrogen-bond acceptors (Lipinski definition) is 3. The Bertz CT molecular complexity index is 977. The van der Waals surface area contributed by atoms with Crippen molar-refractivity contribution in [3.8, 4) is 5.75 Å². The Morgan fingerprint density at radius 2 is 1.97 bits per heavy atom. The summed E-state index contributed by atoms with van der Waals surface area (Å²) in [4.78, 5) is 19.1. The van der Waals surface area contributed by atoms with Crippen LogP contribution in [0.2, 0.25) is 0 Å². The fourth-order valence-corrected chi connectivity index (χ4v) is 3.79. The third-order valence-corrected chi connectivity index (χ3v) is 5.21. The summed E-state index contributed by atoms with van der Waals surface area (Å²) in [7, 11) is 0. The van der Waals surface area contributed by atoms with E-state index in [0.717, 1.165) is 30.5 Å². The molecule has 0 aliphatic carbocycles. The number of ether oxygens (including phenoxy) is 1. The van der Waals surface area contributed by atoms with Crippen LogP contribution in [-0.4, -0.2) is 28.4 Å². The maximum Gasteiger partial charge on any atom is 0.254 e. The van der Waals surface area contributed by atoms with Crippen LogP contribution < -0.4 is 4.74 Å². The van der Waals surface area contributed by atoms with Crippen molar-refractivity contribution in [3.63, 3.8) is 0 Å². The van der Waals surface area contributed by atoms with Crippen LogP contribution in [0.4, 0.5) is 4.39 Å². The molecule has 1 aromatic heterocycles. The number of carbonyl (C=O) groups excluding carboxylic acids is 1. The van der Waals surface area contributed by atoms with Crippen molar-refractivity contribution in [1.82, 2.24) is 9.88 Å². The first-order valence-electron chi connectivity index (χ1n) is 9.86. The van der Waals surface area contributed by atoms with Gasteiger partial charge in [0.1, 0.15) is 18.2 Å². The Kier molecular flexibility index (Phi) is 5.84. The summed E-state index contributed by atoms with van der Waals surface area (Å²) in [5.41, 5.74) is 2.50. The summed E-state index contributed by atoms with van der Waals surface area (Å²) in [6.45, 7) is 1.12. The molecule has 2 heterocycles. The maximum absolute atomic E-state index is 13.5. The van der Waals surface area contributed by atoms with Gasteiger partial charge in [0, 0.05) is 36.1 Å². The van der Waals surface area contributed by atoms with E-state index in [1.165, 1.54) is 6.07 Å². The number of halogens is 1. The predicted octanol–water partition coefficient (Wildman–Crippen LogP) is 4.65. The van der Waals surface area contributed by atoms with Gasteiger partial charge in [0.05, 0.1) is 0 Å². The van der Waals surface area contributed by atoms with Crippen molar-refractivity contribution in [2.24, 2.45) is 0 Å². The molecule has 1 atom stereocenters. The fraction of sp³-hybridized carbons (Fsp3) is 0.250. The van der Waals surface area contributed by atoms with Gasteiger partial charge in [-0.15, -0.1) is 0 Å². The normalized spacial score (nSPS) is 16.0. The Balaban J connectivity index is 1.44. The molecule has 0 radical (unpaired) electrons. The lowest BCUT2D eigenvalue weighted by molar-refractivity contribution is 0.0736. The molecule has 0 bridgehead atoms. The summed E-state index contributed by atoms with van der Waals surface area (Å²) in [5.74, 6) is 0.410. The number of hydrogen-bond donors (Lipinski definition) is 0. The highest BCUT2D eigenvalue weighted by molar-refractivity contribution is 5.95. The molecule has 2 aromatic carbocycles. The van der Waals surface area contributed by atoms with E-state index in [9.17, 15) is 9.18 Å². The molecule has 148 valence electrons. The second-order valence-electron chi connectivity index (χ2n) is 7.31. The Morgan fingerprint density at radius 3 is 2.79 bits per heavy atom. The standard InChI is InChI=1S/C24H23FN2O2/c25-21-8-1-5-18(13-21)14-22-9-4-12-27(22)24(28)20-7-2-10-23(15-20)29-17-19-6-3-11-26-16-19/h1-3,5-8,10-11,13,15-16,22H,4,9,12,14,17H2. The van der Waals surface area contributed by atoms with Crippen molar-refractivity contribution in [3.05, 3.63) is 95.6 Å². The number of aromatic nitrogens is 1. The Hall–Kier alpha value is -3.21. The lowest BCUT2D eigenvalue weighted by Gasteiger charge is -2.25. The van der Waals surface area contributed by atoms with Crippen molar-refractivity contribution >= 4 is 5.91 Å². The van der Waals surface area contributed by atoms with Gasteiger partial charge in [0.15, 0.2) is 0 Å². The highest BCUT2D eigenvalue weighted by Crippen LogP contribution is 2.25. The van der Waals surface area contributed by atoms with Gasteiger partial charge in [-0.05, 0) is 61.2 Å². The van der Waals surface area contributed by atoms with Gasteiger partial charge < -0.3 is 9.64 Å². The number of nitrogens with zero attached hydrogens (tertiary/aromatic N) is 2. The minimum atomic E-state index is -0.239. The van der Waals surface area contributed by atoms with Crippen LogP contribution in [0.25, 0.3) is 0 Å². The molecule has 0 saturated carbocycles. The van der Waals surface area contributed by atoms with Crippen LogP contribution in [0.3, 0.4) is 0 Å². The minimum absolute atomic E-state index is 0.00395. The van der Waals surface area contributed by atoms with Gasteiger partial charge in [-0.3, -0.25) is 9.78 Å². The number of amides is 1. The van der Waals surface area contributed by atoms with E-state index >= 15 is 0 Å². The molecular weight excluding hydrogens is 367 g/mol. The van der Waals surface area contributed by atoms with Gasteiger partial charge in [-0.1, -0.05) is 24.3 Å². The molecule has 3 aromatic rings. The summed E-state index contributed by atoms with van der Waals surface area (Å²) >= 11 is 0. The summed E-state index contributed by atoms with van der Waals surface area (Å²) in [6.07, 6.45) is 6.04. The average molecular weight is 390 g/mol. The van der Waals surface area contributed by atoms with Gasteiger partial charge in [-0.2, -0.15) is 0 Å². The van der Waals surface area contributed by atoms with Crippen molar-refractivity contribution in [2.45, 2.75) is 31.9 Å². The molecule has 0 spiro atoms. The zero-order valence-electron chi connectivity index (χ0n) is 16.1. The second kappa shape index (κ2) is 8.86.